The molecule has 4 rings (SSSR count). The molecule has 0 bridgehead atoms. The highest BCUT2D eigenvalue weighted by atomic mass is 35.5. The zero-order valence-corrected chi connectivity index (χ0v) is 18.5. The lowest BCUT2D eigenvalue weighted by Gasteiger charge is -2.26. The molecule has 0 aliphatic carbocycles. The summed E-state index contributed by atoms with van der Waals surface area (Å²) in [5.74, 6) is -1.26. The SMILES string of the molecule is COc1ccccc1NC(=O)[C@@H](Cc1ccccc1)N1C(=O)c2cc(Cl)c(Cl)cc2C1=O. The number of anilines is 1. The van der Waals surface area contributed by atoms with Crippen molar-refractivity contribution in [2.75, 3.05) is 12.4 Å². The number of imide groups is 1. The second-order valence-corrected chi connectivity index (χ2v) is 8.00. The highest BCUT2D eigenvalue weighted by Gasteiger charge is 2.43. The Morgan fingerprint density at radius 3 is 2.09 bits per heavy atom. The predicted octanol–water partition coefficient (Wildman–Crippen LogP) is 4.85. The Hall–Kier alpha value is -3.35. The molecule has 3 aromatic rings. The third kappa shape index (κ3) is 4.07. The summed E-state index contributed by atoms with van der Waals surface area (Å²) >= 11 is 12.1. The number of para-hydroxylation sites is 2. The second kappa shape index (κ2) is 9.02. The fourth-order valence-electron chi connectivity index (χ4n) is 3.64. The van der Waals surface area contributed by atoms with Crippen molar-refractivity contribution in [1.82, 2.24) is 4.90 Å². The Bertz CT molecular complexity index is 1170. The summed E-state index contributed by atoms with van der Waals surface area (Å²) in [5, 5.41) is 3.10. The monoisotopic (exact) mass is 468 g/mol. The van der Waals surface area contributed by atoms with Crippen molar-refractivity contribution in [2.24, 2.45) is 0 Å². The maximum atomic E-state index is 13.4. The molecule has 0 saturated heterocycles. The Balaban J connectivity index is 1.72. The fraction of sp³-hybridized carbons (Fsp3) is 0.125. The Morgan fingerprint density at radius 2 is 1.50 bits per heavy atom. The number of rotatable bonds is 6. The van der Waals surface area contributed by atoms with Gasteiger partial charge in [-0.3, -0.25) is 19.3 Å². The van der Waals surface area contributed by atoms with Crippen LogP contribution in [0.3, 0.4) is 0 Å². The quantitative estimate of drug-likeness (QED) is 0.524. The van der Waals surface area contributed by atoms with Crippen molar-refractivity contribution in [2.45, 2.75) is 12.5 Å². The molecule has 0 fully saturated rings. The third-order valence-corrected chi connectivity index (χ3v) is 5.93. The number of carbonyl (C=O) groups excluding carboxylic acids is 3. The van der Waals surface area contributed by atoms with E-state index in [-0.39, 0.29) is 27.6 Å². The van der Waals surface area contributed by atoms with Crippen molar-refractivity contribution in [3.63, 3.8) is 0 Å². The fourth-order valence-corrected chi connectivity index (χ4v) is 3.97. The van der Waals surface area contributed by atoms with Gasteiger partial charge in [0, 0.05) is 6.42 Å². The summed E-state index contributed by atoms with van der Waals surface area (Å²) in [6, 6.07) is 17.7. The van der Waals surface area contributed by atoms with E-state index in [1.165, 1.54) is 19.2 Å². The summed E-state index contributed by atoms with van der Waals surface area (Å²) in [6.07, 6.45) is 0.134. The summed E-state index contributed by atoms with van der Waals surface area (Å²) in [7, 11) is 1.49. The minimum absolute atomic E-state index is 0.118. The average Bonchev–Trinajstić information content (AvgIpc) is 3.03. The first-order valence-corrected chi connectivity index (χ1v) is 10.5. The average molecular weight is 469 g/mol. The van der Waals surface area contributed by atoms with Crippen LogP contribution in [-0.2, 0) is 11.2 Å². The molecule has 6 nitrogen and oxygen atoms in total. The van der Waals surface area contributed by atoms with Gasteiger partial charge in [-0.15, -0.1) is 0 Å². The van der Waals surface area contributed by atoms with Crippen LogP contribution in [-0.4, -0.2) is 35.8 Å². The summed E-state index contributed by atoms with van der Waals surface area (Å²) in [6.45, 7) is 0. The summed E-state index contributed by atoms with van der Waals surface area (Å²) < 4.78 is 5.30. The van der Waals surface area contributed by atoms with E-state index >= 15 is 0 Å². The normalized spacial score (nSPS) is 13.7. The minimum atomic E-state index is -1.10. The van der Waals surface area contributed by atoms with Crippen LogP contribution in [0.4, 0.5) is 5.69 Å². The Morgan fingerprint density at radius 1 is 0.938 bits per heavy atom. The molecule has 1 N–H and O–H groups in total. The van der Waals surface area contributed by atoms with Gasteiger partial charge < -0.3 is 10.1 Å². The van der Waals surface area contributed by atoms with Gasteiger partial charge in [-0.1, -0.05) is 65.7 Å². The first-order valence-electron chi connectivity index (χ1n) is 9.75. The molecule has 0 saturated carbocycles. The van der Waals surface area contributed by atoms with Crippen LogP contribution < -0.4 is 10.1 Å². The highest BCUT2D eigenvalue weighted by Crippen LogP contribution is 2.33. The smallest absolute Gasteiger partial charge is 0.262 e. The molecule has 162 valence electrons. The van der Waals surface area contributed by atoms with E-state index in [4.69, 9.17) is 27.9 Å². The van der Waals surface area contributed by atoms with Crippen molar-refractivity contribution < 1.29 is 19.1 Å². The van der Waals surface area contributed by atoms with Gasteiger partial charge in [-0.25, -0.2) is 0 Å². The molecule has 0 spiro atoms. The lowest BCUT2D eigenvalue weighted by Crippen LogP contribution is -2.48. The topological polar surface area (TPSA) is 75.7 Å². The third-order valence-electron chi connectivity index (χ3n) is 5.21. The number of fused-ring (bicyclic) bond motifs is 1. The molecule has 1 heterocycles. The Kier molecular flexibility index (Phi) is 6.17. The van der Waals surface area contributed by atoms with Crippen molar-refractivity contribution in [3.05, 3.63) is 93.5 Å². The number of nitrogens with zero attached hydrogens (tertiary/aromatic N) is 1. The lowest BCUT2D eigenvalue weighted by atomic mass is 10.0. The van der Waals surface area contributed by atoms with Gasteiger partial charge in [-0.05, 0) is 29.8 Å². The first kappa shape index (κ1) is 21.9. The lowest BCUT2D eigenvalue weighted by molar-refractivity contribution is -0.119. The van der Waals surface area contributed by atoms with Crippen LogP contribution in [0.5, 0.6) is 5.75 Å². The molecule has 32 heavy (non-hydrogen) atoms. The molecule has 0 unspecified atom stereocenters. The number of hydrogen-bond acceptors (Lipinski definition) is 4. The van der Waals surface area contributed by atoms with Gasteiger partial charge in [0.2, 0.25) is 5.91 Å². The van der Waals surface area contributed by atoms with Crippen molar-refractivity contribution in [1.29, 1.82) is 0 Å². The van der Waals surface area contributed by atoms with Crippen LogP contribution in [0.1, 0.15) is 26.3 Å². The number of hydrogen-bond donors (Lipinski definition) is 1. The van der Waals surface area contributed by atoms with E-state index < -0.39 is 23.8 Å². The largest absolute Gasteiger partial charge is 0.495 e. The molecular formula is C24H18Cl2N2O4. The zero-order chi connectivity index (χ0) is 22.8. The van der Waals surface area contributed by atoms with Crippen LogP contribution in [0.15, 0.2) is 66.7 Å². The van der Waals surface area contributed by atoms with E-state index in [2.05, 4.69) is 5.32 Å². The first-order chi connectivity index (χ1) is 15.4. The van der Waals surface area contributed by atoms with Crippen LogP contribution in [0.2, 0.25) is 10.0 Å². The van der Waals surface area contributed by atoms with E-state index in [1.807, 2.05) is 30.3 Å². The number of ether oxygens (including phenoxy) is 1. The molecular weight excluding hydrogens is 451 g/mol. The van der Waals surface area contributed by atoms with Crippen molar-refractivity contribution in [3.8, 4) is 5.75 Å². The molecule has 1 aliphatic rings. The molecule has 0 aromatic heterocycles. The van der Waals surface area contributed by atoms with Crippen LogP contribution in [0, 0.1) is 0 Å². The maximum Gasteiger partial charge on any atom is 0.262 e. The number of methoxy groups -OCH3 is 1. The van der Waals surface area contributed by atoms with Crippen LogP contribution in [0.25, 0.3) is 0 Å². The molecule has 8 heteroatoms. The van der Waals surface area contributed by atoms with Gasteiger partial charge >= 0.3 is 0 Å². The van der Waals surface area contributed by atoms with Gasteiger partial charge in [0.05, 0.1) is 34.0 Å². The van der Waals surface area contributed by atoms with Gasteiger partial charge in [0.15, 0.2) is 0 Å². The Labute approximate surface area is 194 Å². The molecule has 1 aliphatic heterocycles. The van der Waals surface area contributed by atoms with Crippen LogP contribution >= 0.6 is 23.2 Å². The van der Waals surface area contributed by atoms with Gasteiger partial charge in [-0.2, -0.15) is 0 Å². The van der Waals surface area contributed by atoms with Gasteiger partial charge in [0.1, 0.15) is 11.8 Å². The molecule has 3 aromatic carbocycles. The number of benzene rings is 3. The van der Waals surface area contributed by atoms with Crippen molar-refractivity contribution >= 4 is 46.6 Å². The van der Waals surface area contributed by atoms with E-state index in [0.29, 0.717) is 11.4 Å². The highest BCUT2D eigenvalue weighted by molar-refractivity contribution is 6.43. The van der Waals surface area contributed by atoms with E-state index in [9.17, 15) is 14.4 Å². The summed E-state index contributed by atoms with van der Waals surface area (Å²) in [5.41, 5.74) is 1.46. The second-order valence-electron chi connectivity index (χ2n) is 7.19. The standard InChI is InChI=1S/C24H18Cl2N2O4/c1-32-21-10-6-5-9-19(21)27-22(29)20(11-14-7-3-2-4-8-14)28-23(30)15-12-17(25)18(26)13-16(15)24(28)31/h2-10,12-13,20H,11H2,1H3,(H,27,29)/t20-/m1/s1. The number of amides is 3. The van der Waals surface area contributed by atoms with E-state index in [1.54, 1.807) is 24.3 Å². The maximum absolute atomic E-state index is 13.4. The number of halogens is 2. The summed E-state index contributed by atoms with van der Waals surface area (Å²) in [4.78, 5) is 40.7. The predicted molar refractivity (Wildman–Crippen MR) is 123 cm³/mol. The number of carbonyl (C=O) groups is 3. The zero-order valence-electron chi connectivity index (χ0n) is 17.0. The minimum Gasteiger partial charge on any atom is -0.495 e. The van der Waals surface area contributed by atoms with E-state index in [0.717, 1.165) is 10.5 Å². The molecule has 3 amide bonds. The van der Waals surface area contributed by atoms with Gasteiger partial charge in [0.25, 0.3) is 11.8 Å². The molecule has 1 atom stereocenters. The molecule has 0 radical (unpaired) electrons. The number of nitrogens with one attached hydrogen (secondary N) is 1.